The maximum absolute atomic E-state index is 12.8. The van der Waals surface area contributed by atoms with Crippen LogP contribution in [0.4, 0.5) is 4.39 Å². The zero-order valence-electron chi connectivity index (χ0n) is 40.8. The maximum atomic E-state index is 12.8. The summed E-state index contributed by atoms with van der Waals surface area (Å²) < 4.78 is 28.2. The summed E-state index contributed by atoms with van der Waals surface area (Å²) in [4.78, 5) is 9.76. The zero-order valence-corrected chi connectivity index (χ0v) is 44.2. The van der Waals surface area contributed by atoms with Crippen LogP contribution in [0.3, 0.4) is 0 Å². The van der Waals surface area contributed by atoms with Crippen LogP contribution in [0.25, 0.3) is 105 Å². The van der Waals surface area contributed by atoms with Crippen LogP contribution in [0.2, 0.25) is 19.6 Å². The maximum Gasteiger partial charge on any atom is 0.136 e. The van der Waals surface area contributed by atoms with Crippen LogP contribution in [0.15, 0.2) is 185 Å². The second kappa shape index (κ2) is 19.2. The van der Waals surface area contributed by atoms with Gasteiger partial charge < -0.3 is 18.4 Å². The summed E-state index contributed by atoms with van der Waals surface area (Å²) in [6.45, 7) is 16.0. The third-order valence-electron chi connectivity index (χ3n) is 13.4. The number of nitrogens with zero attached hydrogens (tertiary/aromatic N) is 3. The topological polar surface area (TPSA) is 57.0 Å². The van der Waals surface area contributed by atoms with E-state index in [4.69, 9.17) is 13.8 Å². The molecule has 12 aromatic rings. The number of pyridine rings is 1. The van der Waals surface area contributed by atoms with Crippen molar-refractivity contribution >= 4 is 68.2 Å². The molecule has 0 saturated carbocycles. The molecule has 8 heteroatoms. The number of hydrogen-bond acceptors (Lipinski definition) is 4. The Balaban J connectivity index is 0.000000275. The first-order valence-corrected chi connectivity index (χ1v) is 27.5. The Morgan fingerprint density at radius 3 is 1.87 bits per heavy atom. The summed E-state index contributed by atoms with van der Waals surface area (Å²) in [6, 6.07) is 64.2. The Morgan fingerprint density at radius 1 is 0.577 bits per heavy atom. The Bertz CT molecular complexity index is 3840. The van der Waals surface area contributed by atoms with Crippen molar-refractivity contribution in [1.82, 2.24) is 14.5 Å². The largest absolute Gasteiger partial charge is 0.501 e. The van der Waals surface area contributed by atoms with Crippen LogP contribution in [-0.4, -0.2) is 22.6 Å². The van der Waals surface area contributed by atoms with Gasteiger partial charge in [0.2, 0.25) is 0 Å². The van der Waals surface area contributed by atoms with E-state index in [1.807, 2.05) is 36.5 Å². The van der Waals surface area contributed by atoms with E-state index >= 15 is 0 Å². The molecule has 0 aliphatic rings. The minimum atomic E-state index is -1.30. The zero-order chi connectivity index (χ0) is 48.3. The molecular formula is C63H52FIrN3O2Si-2. The molecule has 0 fully saturated rings. The predicted molar refractivity (Wildman–Crippen MR) is 290 cm³/mol. The van der Waals surface area contributed by atoms with E-state index in [9.17, 15) is 4.39 Å². The first kappa shape index (κ1) is 47.5. The Labute approximate surface area is 428 Å². The number of rotatable bonds is 8. The fraction of sp³-hybridized carbons (Fsp3) is 0.143. The molecule has 0 aliphatic carbocycles. The smallest absolute Gasteiger partial charge is 0.136 e. The quantitative estimate of drug-likeness (QED) is 0.112. The normalized spacial score (nSPS) is 11.8. The summed E-state index contributed by atoms with van der Waals surface area (Å²) in [5.74, 6) is 1.04. The fourth-order valence-electron chi connectivity index (χ4n) is 9.58. The van der Waals surface area contributed by atoms with Gasteiger partial charge in [0.05, 0.1) is 30.5 Å². The summed E-state index contributed by atoms with van der Waals surface area (Å²) in [5, 5.41) is 5.47. The molecule has 0 spiro atoms. The monoisotopic (exact) mass is 1120 g/mol. The Hall–Kier alpha value is -7.22. The van der Waals surface area contributed by atoms with Gasteiger partial charge in [-0.1, -0.05) is 155 Å². The van der Waals surface area contributed by atoms with E-state index in [1.54, 1.807) is 6.07 Å². The first-order valence-electron chi connectivity index (χ1n) is 24.0. The van der Waals surface area contributed by atoms with Crippen molar-refractivity contribution in [3.05, 3.63) is 205 Å². The number of fused-ring (bicyclic) bond motifs is 7. The molecule has 353 valence electrons. The van der Waals surface area contributed by atoms with Crippen molar-refractivity contribution < 1.29 is 33.3 Å². The van der Waals surface area contributed by atoms with Gasteiger partial charge in [0.15, 0.2) is 0 Å². The molecule has 0 atom stereocenters. The minimum absolute atomic E-state index is 0. The summed E-state index contributed by atoms with van der Waals surface area (Å²) in [5.41, 5.74) is 16.4. The van der Waals surface area contributed by atoms with Crippen molar-refractivity contribution in [1.29, 1.82) is 0 Å². The van der Waals surface area contributed by atoms with E-state index < -0.39 is 8.07 Å². The second-order valence-electron chi connectivity index (χ2n) is 19.8. The van der Waals surface area contributed by atoms with Crippen LogP contribution < -0.4 is 5.19 Å². The average Bonchev–Trinajstić information content (AvgIpc) is 4.06. The van der Waals surface area contributed by atoms with E-state index in [-0.39, 0.29) is 37.8 Å². The molecule has 0 N–H and O–H groups in total. The molecule has 4 aromatic heterocycles. The summed E-state index contributed by atoms with van der Waals surface area (Å²) >= 11 is 0. The number of halogens is 1. The van der Waals surface area contributed by atoms with Crippen LogP contribution in [0.1, 0.15) is 50.7 Å². The van der Waals surface area contributed by atoms with E-state index in [0.717, 1.165) is 77.6 Å². The third-order valence-corrected chi connectivity index (χ3v) is 15.4. The predicted octanol–water partition coefficient (Wildman–Crippen LogP) is 17.1. The van der Waals surface area contributed by atoms with Gasteiger partial charge in [0, 0.05) is 54.0 Å². The minimum Gasteiger partial charge on any atom is -0.501 e. The molecule has 0 unspecified atom stereocenters. The van der Waals surface area contributed by atoms with Gasteiger partial charge in [-0.3, -0.25) is 9.37 Å². The summed E-state index contributed by atoms with van der Waals surface area (Å²) in [7, 11) is -1.30. The van der Waals surface area contributed by atoms with Crippen molar-refractivity contribution in [2.45, 2.75) is 59.2 Å². The van der Waals surface area contributed by atoms with Crippen LogP contribution >= 0.6 is 0 Å². The van der Waals surface area contributed by atoms with Crippen molar-refractivity contribution in [2.75, 3.05) is 0 Å². The standard InChI is InChI=1S/C49H37N2O2.C14H15FNSi.Ir/c1-29(2)38-25-34(33-23-21-32(22-24-33)31-13-6-5-7-14-31)26-39(30(3)4)47(38)51-43-19-10-9-18-42(43)50-49(51)37-17-12-16-36-41-28-45-40(27-46(41)53-48(36)37)35-15-8-11-20-44(35)52-45;1-17(2,3)13-8-9-14(16-10-13)11-4-6-12(15)7-5-11;/h5-16,18-30H,1-4H3;4,6-10H,1-3H3;/q2*-1;. The number of hydrogen-bond donors (Lipinski definition) is 0. The first-order chi connectivity index (χ1) is 33.9. The SMILES string of the molecule is CC(C)c1cc(-c2ccc(-c3ccccc3)cc2)cc(C(C)C)c1-n1c(-c2[c-]ccc3c2oc2cc4c(cc23)oc2ccccc24)nc2ccccc21.C[Si](C)(C)c1ccc(-c2[c-]cc(F)cc2)nc1.[Ir]. The molecule has 0 amide bonds. The van der Waals surface area contributed by atoms with E-state index in [1.165, 1.54) is 56.4 Å². The number of para-hydroxylation sites is 3. The van der Waals surface area contributed by atoms with Crippen LogP contribution in [0, 0.1) is 17.9 Å². The van der Waals surface area contributed by atoms with Gasteiger partial charge in [-0.15, -0.1) is 48.0 Å². The Morgan fingerprint density at radius 2 is 1.21 bits per heavy atom. The van der Waals surface area contributed by atoms with Gasteiger partial charge in [-0.05, 0) is 98.6 Å². The number of imidazole rings is 1. The van der Waals surface area contributed by atoms with Gasteiger partial charge in [-0.25, -0.2) is 0 Å². The molecule has 71 heavy (non-hydrogen) atoms. The summed E-state index contributed by atoms with van der Waals surface area (Å²) in [6.07, 6.45) is 1.93. The molecule has 0 aliphatic heterocycles. The molecule has 4 heterocycles. The van der Waals surface area contributed by atoms with Crippen LogP contribution in [0.5, 0.6) is 0 Å². The number of benzene rings is 8. The van der Waals surface area contributed by atoms with Crippen molar-refractivity contribution in [2.24, 2.45) is 0 Å². The molecule has 8 aromatic carbocycles. The van der Waals surface area contributed by atoms with Crippen molar-refractivity contribution in [3.63, 3.8) is 0 Å². The van der Waals surface area contributed by atoms with Gasteiger partial charge in [0.25, 0.3) is 0 Å². The fourth-order valence-corrected chi connectivity index (χ4v) is 10.6. The van der Waals surface area contributed by atoms with Gasteiger partial charge in [-0.2, -0.15) is 0 Å². The molecule has 0 saturated heterocycles. The third kappa shape index (κ3) is 8.97. The molecule has 5 nitrogen and oxygen atoms in total. The molecule has 12 rings (SSSR count). The molecular weight excluding hydrogens is 1070 g/mol. The van der Waals surface area contributed by atoms with Crippen LogP contribution in [-0.2, 0) is 20.1 Å². The van der Waals surface area contributed by atoms with Crippen molar-refractivity contribution in [3.8, 4) is 50.6 Å². The molecule has 0 bridgehead atoms. The number of aromatic nitrogens is 3. The van der Waals surface area contributed by atoms with E-state index in [0.29, 0.717) is 0 Å². The Kier molecular flexibility index (Phi) is 12.8. The van der Waals surface area contributed by atoms with Gasteiger partial charge >= 0.3 is 0 Å². The van der Waals surface area contributed by atoms with Gasteiger partial charge in [0.1, 0.15) is 16.7 Å². The van der Waals surface area contributed by atoms with E-state index in [2.05, 4.69) is 190 Å². The molecule has 1 radical (unpaired) electrons. The average molecular weight is 1120 g/mol. The number of furan rings is 2. The second-order valence-corrected chi connectivity index (χ2v) is 24.8.